The Morgan fingerprint density at radius 2 is 2.42 bits per heavy atom. The highest BCUT2D eigenvalue weighted by atomic mass is 35.5. The molecular formula is C7H3ClN2O2. The van der Waals surface area contributed by atoms with Gasteiger partial charge in [0, 0.05) is 6.20 Å². The van der Waals surface area contributed by atoms with Crippen molar-refractivity contribution in [2.24, 2.45) is 0 Å². The van der Waals surface area contributed by atoms with Crippen LogP contribution >= 0.6 is 11.6 Å². The van der Waals surface area contributed by atoms with Gasteiger partial charge in [-0.15, -0.1) is 0 Å². The molecule has 0 radical (unpaired) electrons. The number of pyridine rings is 1. The number of aromatic carboxylic acids is 1. The summed E-state index contributed by atoms with van der Waals surface area (Å²) in [5.74, 6) is -1.24. The van der Waals surface area contributed by atoms with Crippen molar-refractivity contribution in [3.05, 3.63) is 28.5 Å². The first-order chi connectivity index (χ1) is 5.66. The van der Waals surface area contributed by atoms with Crippen LogP contribution in [0.4, 0.5) is 0 Å². The summed E-state index contributed by atoms with van der Waals surface area (Å²) in [5, 5.41) is 16.9. The largest absolute Gasteiger partial charge is 0.476 e. The standard InChI is InChI=1S/C7H3ClN2O2/c8-5-4(3-9)1-2-10-6(5)7(11)12/h1-2H,(H,11,12). The van der Waals surface area contributed by atoms with Gasteiger partial charge in [0.15, 0.2) is 5.69 Å². The molecule has 0 aliphatic heterocycles. The summed E-state index contributed by atoms with van der Waals surface area (Å²) < 4.78 is 0. The van der Waals surface area contributed by atoms with E-state index in [-0.39, 0.29) is 16.3 Å². The van der Waals surface area contributed by atoms with E-state index in [1.807, 2.05) is 0 Å². The number of aromatic nitrogens is 1. The highest BCUT2D eigenvalue weighted by molar-refractivity contribution is 6.34. The van der Waals surface area contributed by atoms with Crippen molar-refractivity contribution in [3.8, 4) is 6.07 Å². The molecule has 12 heavy (non-hydrogen) atoms. The van der Waals surface area contributed by atoms with Gasteiger partial charge in [-0.25, -0.2) is 9.78 Å². The molecule has 1 heterocycles. The van der Waals surface area contributed by atoms with Crippen molar-refractivity contribution >= 4 is 17.6 Å². The zero-order valence-electron chi connectivity index (χ0n) is 5.78. The first kappa shape index (κ1) is 8.50. The molecule has 0 fully saturated rings. The van der Waals surface area contributed by atoms with Crippen molar-refractivity contribution in [1.29, 1.82) is 5.26 Å². The topological polar surface area (TPSA) is 74.0 Å². The van der Waals surface area contributed by atoms with E-state index in [0.29, 0.717) is 0 Å². The summed E-state index contributed by atoms with van der Waals surface area (Å²) in [6.07, 6.45) is 1.23. The number of nitrogens with zero attached hydrogens (tertiary/aromatic N) is 2. The molecule has 1 rings (SSSR count). The monoisotopic (exact) mass is 182 g/mol. The third-order valence-corrected chi connectivity index (χ3v) is 1.59. The molecule has 60 valence electrons. The Balaban J connectivity index is 3.35. The van der Waals surface area contributed by atoms with E-state index in [9.17, 15) is 4.79 Å². The third kappa shape index (κ3) is 1.36. The molecule has 0 atom stereocenters. The minimum atomic E-state index is -1.24. The highest BCUT2D eigenvalue weighted by Gasteiger charge is 2.12. The van der Waals surface area contributed by atoms with E-state index >= 15 is 0 Å². The number of halogens is 1. The van der Waals surface area contributed by atoms with E-state index in [0.717, 1.165) is 0 Å². The molecule has 0 aliphatic rings. The van der Waals surface area contributed by atoms with Crippen molar-refractivity contribution < 1.29 is 9.90 Å². The molecule has 0 saturated heterocycles. The summed E-state index contributed by atoms with van der Waals surface area (Å²) in [6, 6.07) is 3.11. The van der Waals surface area contributed by atoms with E-state index in [1.165, 1.54) is 12.3 Å². The lowest BCUT2D eigenvalue weighted by atomic mass is 10.2. The van der Waals surface area contributed by atoms with E-state index < -0.39 is 5.97 Å². The van der Waals surface area contributed by atoms with Crippen LogP contribution in [-0.4, -0.2) is 16.1 Å². The molecule has 1 N–H and O–H groups in total. The molecule has 0 saturated carbocycles. The maximum absolute atomic E-state index is 10.4. The van der Waals surface area contributed by atoms with E-state index in [2.05, 4.69) is 4.98 Å². The van der Waals surface area contributed by atoms with Gasteiger partial charge in [-0.1, -0.05) is 11.6 Å². The van der Waals surface area contributed by atoms with Gasteiger partial charge in [-0.3, -0.25) is 0 Å². The summed E-state index contributed by atoms with van der Waals surface area (Å²) in [5.41, 5.74) is -0.181. The number of carboxylic acid groups (broad SMARTS) is 1. The fourth-order valence-corrected chi connectivity index (χ4v) is 0.914. The zero-order valence-corrected chi connectivity index (χ0v) is 6.54. The lowest BCUT2D eigenvalue weighted by Gasteiger charge is -1.97. The van der Waals surface area contributed by atoms with Gasteiger partial charge in [-0.2, -0.15) is 5.26 Å². The summed E-state index contributed by atoms with van der Waals surface area (Å²) in [7, 11) is 0. The molecule has 5 heteroatoms. The van der Waals surface area contributed by atoms with Crippen LogP contribution in [0.15, 0.2) is 12.3 Å². The van der Waals surface area contributed by atoms with Crippen molar-refractivity contribution in [2.45, 2.75) is 0 Å². The smallest absolute Gasteiger partial charge is 0.356 e. The second-order valence-electron chi connectivity index (χ2n) is 1.94. The van der Waals surface area contributed by atoms with E-state index in [1.54, 1.807) is 6.07 Å². The number of hydrogen-bond acceptors (Lipinski definition) is 3. The van der Waals surface area contributed by atoms with Crippen molar-refractivity contribution in [1.82, 2.24) is 4.98 Å². The number of nitriles is 1. The number of carbonyl (C=O) groups is 1. The zero-order chi connectivity index (χ0) is 9.14. The first-order valence-electron chi connectivity index (χ1n) is 2.94. The van der Waals surface area contributed by atoms with Gasteiger partial charge in [0.25, 0.3) is 0 Å². The van der Waals surface area contributed by atoms with Crippen molar-refractivity contribution in [3.63, 3.8) is 0 Å². The lowest BCUT2D eigenvalue weighted by Crippen LogP contribution is -2.01. The molecule has 0 unspecified atom stereocenters. The van der Waals surface area contributed by atoms with Gasteiger partial charge < -0.3 is 5.11 Å². The Hall–Kier alpha value is -1.60. The fourth-order valence-electron chi connectivity index (χ4n) is 0.679. The molecule has 0 aromatic carbocycles. The van der Waals surface area contributed by atoms with Crippen LogP contribution in [0.5, 0.6) is 0 Å². The molecule has 1 aromatic rings. The molecule has 4 nitrogen and oxygen atoms in total. The third-order valence-electron chi connectivity index (χ3n) is 1.21. The van der Waals surface area contributed by atoms with Gasteiger partial charge in [-0.05, 0) is 6.07 Å². The van der Waals surface area contributed by atoms with Crippen LogP contribution in [0, 0.1) is 11.3 Å². The molecule has 0 aliphatic carbocycles. The summed E-state index contributed by atoms with van der Waals surface area (Å²) in [6.45, 7) is 0. The minimum Gasteiger partial charge on any atom is -0.476 e. The van der Waals surface area contributed by atoms with Gasteiger partial charge in [0.1, 0.15) is 6.07 Å². The number of hydrogen-bond donors (Lipinski definition) is 1. The van der Waals surface area contributed by atoms with Gasteiger partial charge in [0.2, 0.25) is 0 Å². The molecule has 0 spiro atoms. The Morgan fingerprint density at radius 1 is 1.75 bits per heavy atom. The van der Waals surface area contributed by atoms with Crippen LogP contribution < -0.4 is 0 Å². The Kier molecular flexibility index (Phi) is 2.26. The van der Waals surface area contributed by atoms with Crippen LogP contribution in [0.25, 0.3) is 0 Å². The fraction of sp³-hybridized carbons (Fsp3) is 0. The quantitative estimate of drug-likeness (QED) is 0.711. The van der Waals surface area contributed by atoms with Crippen LogP contribution in [0.3, 0.4) is 0 Å². The molecule has 0 bridgehead atoms. The number of rotatable bonds is 1. The van der Waals surface area contributed by atoms with E-state index in [4.69, 9.17) is 22.0 Å². The van der Waals surface area contributed by atoms with Gasteiger partial charge >= 0.3 is 5.97 Å². The summed E-state index contributed by atoms with van der Waals surface area (Å²) in [4.78, 5) is 13.9. The SMILES string of the molecule is N#Cc1ccnc(C(=O)O)c1Cl. The Bertz CT molecular complexity index is 370. The lowest BCUT2D eigenvalue weighted by molar-refractivity contribution is 0.0690. The van der Waals surface area contributed by atoms with Gasteiger partial charge in [0.05, 0.1) is 10.6 Å². The maximum Gasteiger partial charge on any atom is 0.356 e. The molecule has 0 amide bonds. The Labute approximate surface area is 73.0 Å². The second kappa shape index (κ2) is 3.20. The minimum absolute atomic E-state index is 0.115. The first-order valence-corrected chi connectivity index (χ1v) is 3.32. The normalized spacial score (nSPS) is 9.00. The second-order valence-corrected chi connectivity index (χ2v) is 2.32. The summed E-state index contributed by atoms with van der Waals surface area (Å²) >= 11 is 5.54. The Morgan fingerprint density at radius 3 is 2.92 bits per heavy atom. The average Bonchev–Trinajstić information content (AvgIpc) is 2.04. The van der Waals surface area contributed by atoms with Crippen LogP contribution in [-0.2, 0) is 0 Å². The predicted molar refractivity (Wildman–Crippen MR) is 40.9 cm³/mol. The maximum atomic E-state index is 10.4. The molecular weight excluding hydrogens is 180 g/mol. The predicted octanol–water partition coefficient (Wildman–Crippen LogP) is 1.30. The van der Waals surface area contributed by atoms with Crippen LogP contribution in [0.2, 0.25) is 5.02 Å². The number of carboxylic acids is 1. The van der Waals surface area contributed by atoms with Crippen LogP contribution in [0.1, 0.15) is 16.1 Å². The van der Waals surface area contributed by atoms with Crippen molar-refractivity contribution in [2.75, 3.05) is 0 Å². The highest BCUT2D eigenvalue weighted by Crippen LogP contribution is 2.17. The molecule has 1 aromatic heterocycles. The average molecular weight is 183 g/mol.